The first-order chi connectivity index (χ1) is 10.3. The number of aromatic amines is 1. The maximum Gasteiger partial charge on any atom is 0.116 e. The molecule has 3 aromatic heterocycles. The quantitative estimate of drug-likeness (QED) is 0.466. The van der Waals surface area contributed by atoms with Crippen LogP contribution in [0.2, 0.25) is 0 Å². The van der Waals surface area contributed by atoms with Crippen LogP contribution >= 0.6 is 0 Å². The second-order valence-corrected chi connectivity index (χ2v) is 5.37. The van der Waals surface area contributed by atoms with Crippen molar-refractivity contribution in [3.8, 4) is 0 Å². The maximum absolute atomic E-state index is 4.41. The largest absolute Gasteiger partial charge is 0.351 e. The second-order valence-electron chi connectivity index (χ2n) is 5.37. The Bertz CT molecular complexity index is 1150. The molecule has 0 spiro atoms. The van der Waals surface area contributed by atoms with Crippen LogP contribution < -0.4 is 0 Å². The van der Waals surface area contributed by atoms with E-state index in [0.717, 1.165) is 21.9 Å². The van der Waals surface area contributed by atoms with E-state index in [9.17, 15) is 0 Å². The highest BCUT2D eigenvalue weighted by Gasteiger charge is 2.14. The third-order valence-corrected chi connectivity index (χ3v) is 4.31. The van der Waals surface area contributed by atoms with Gasteiger partial charge in [0, 0.05) is 28.7 Å². The predicted molar refractivity (Wildman–Crippen MR) is 85.4 cm³/mol. The molecular weight excluding hydrogens is 260 g/mol. The lowest BCUT2D eigenvalue weighted by atomic mass is 10.1. The number of H-pyrrole nitrogens is 1. The summed E-state index contributed by atoms with van der Waals surface area (Å²) in [6, 6.07) is 12.8. The van der Waals surface area contributed by atoms with Gasteiger partial charge in [-0.1, -0.05) is 18.2 Å². The molecule has 0 aliphatic heterocycles. The molecule has 100 valence electrons. The monoisotopic (exact) mass is 272 g/mol. The molecule has 4 heteroatoms. The van der Waals surface area contributed by atoms with Gasteiger partial charge in [-0.2, -0.15) is 0 Å². The second kappa shape index (κ2) is 3.61. The van der Waals surface area contributed by atoms with Crippen LogP contribution in [-0.4, -0.2) is 19.5 Å². The zero-order valence-electron chi connectivity index (χ0n) is 11.5. The molecule has 5 rings (SSSR count). The molecule has 0 amide bonds. The number of fused-ring (bicyclic) bond motifs is 7. The van der Waals surface area contributed by atoms with E-state index in [0.29, 0.717) is 0 Å². The first-order valence-corrected chi connectivity index (χ1v) is 6.92. The Hall–Kier alpha value is -2.88. The van der Waals surface area contributed by atoms with Crippen LogP contribution in [0.15, 0.2) is 48.9 Å². The van der Waals surface area contributed by atoms with E-state index in [-0.39, 0.29) is 0 Å². The standard InChI is InChI=1S/C17H12N4/c1-21-13-5-3-2-4-10(13)15-14(21)7-6-11-16-12(20-17(11)15)8-18-9-19-16/h2-9,20H,1H3. The molecule has 0 bridgehead atoms. The van der Waals surface area contributed by atoms with E-state index in [1.807, 2.05) is 6.20 Å². The summed E-state index contributed by atoms with van der Waals surface area (Å²) < 4.78 is 2.24. The topological polar surface area (TPSA) is 46.5 Å². The van der Waals surface area contributed by atoms with E-state index in [1.165, 1.54) is 21.8 Å². The molecule has 0 atom stereocenters. The van der Waals surface area contributed by atoms with Crippen LogP contribution in [0.3, 0.4) is 0 Å². The number of aryl methyl sites for hydroxylation is 1. The van der Waals surface area contributed by atoms with Crippen LogP contribution in [0.25, 0.3) is 43.7 Å². The molecule has 0 fully saturated rings. The van der Waals surface area contributed by atoms with Gasteiger partial charge in [0.1, 0.15) is 6.33 Å². The molecule has 21 heavy (non-hydrogen) atoms. The number of nitrogens with one attached hydrogen (secondary N) is 1. The zero-order valence-corrected chi connectivity index (χ0v) is 11.5. The lowest BCUT2D eigenvalue weighted by molar-refractivity contribution is 1.01. The Morgan fingerprint density at radius 3 is 2.86 bits per heavy atom. The minimum Gasteiger partial charge on any atom is -0.351 e. The highest BCUT2D eigenvalue weighted by Crippen LogP contribution is 2.35. The van der Waals surface area contributed by atoms with Gasteiger partial charge in [-0.3, -0.25) is 0 Å². The van der Waals surface area contributed by atoms with Crippen molar-refractivity contribution in [2.75, 3.05) is 0 Å². The Balaban J connectivity index is 2.16. The first-order valence-electron chi connectivity index (χ1n) is 6.92. The normalized spacial score (nSPS) is 12.0. The van der Waals surface area contributed by atoms with Gasteiger partial charge in [0.2, 0.25) is 0 Å². The van der Waals surface area contributed by atoms with Gasteiger partial charge in [0.15, 0.2) is 0 Å². The average molecular weight is 272 g/mol. The van der Waals surface area contributed by atoms with Gasteiger partial charge in [0.05, 0.1) is 28.3 Å². The number of rotatable bonds is 0. The minimum atomic E-state index is 0.980. The molecule has 1 N–H and O–H groups in total. The molecule has 0 saturated carbocycles. The molecule has 0 saturated heterocycles. The van der Waals surface area contributed by atoms with Crippen molar-refractivity contribution in [3.63, 3.8) is 0 Å². The molecule has 0 unspecified atom stereocenters. The van der Waals surface area contributed by atoms with Crippen molar-refractivity contribution in [2.24, 2.45) is 7.05 Å². The first kappa shape index (κ1) is 10.9. The van der Waals surface area contributed by atoms with Crippen LogP contribution in [0, 0.1) is 0 Å². The number of nitrogens with zero attached hydrogens (tertiary/aromatic N) is 3. The zero-order chi connectivity index (χ0) is 14.0. The molecule has 5 aromatic rings. The summed E-state index contributed by atoms with van der Waals surface area (Å²) in [6.07, 6.45) is 3.43. The number of hydrogen-bond acceptors (Lipinski definition) is 2. The molecule has 0 radical (unpaired) electrons. The highest BCUT2D eigenvalue weighted by molar-refractivity contribution is 6.23. The Kier molecular flexibility index (Phi) is 1.86. The molecule has 3 heterocycles. The Labute approximate surface area is 120 Å². The summed E-state index contributed by atoms with van der Waals surface area (Å²) in [4.78, 5) is 12.0. The molecule has 0 aliphatic carbocycles. The molecule has 0 aliphatic rings. The van der Waals surface area contributed by atoms with Crippen molar-refractivity contribution in [1.82, 2.24) is 19.5 Å². The summed E-state index contributed by atoms with van der Waals surface area (Å²) in [7, 11) is 2.11. The summed E-state index contributed by atoms with van der Waals surface area (Å²) in [6.45, 7) is 0. The number of para-hydroxylation sites is 1. The lowest BCUT2D eigenvalue weighted by Gasteiger charge is -1.97. The van der Waals surface area contributed by atoms with Crippen LogP contribution in [0.4, 0.5) is 0 Å². The lowest BCUT2D eigenvalue weighted by Crippen LogP contribution is -1.85. The van der Waals surface area contributed by atoms with E-state index in [1.54, 1.807) is 6.33 Å². The smallest absolute Gasteiger partial charge is 0.116 e. The molecule has 4 nitrogen and oxygen atoms in total. The fourth-order valence-electron chi connectivity index (χ4n) is 3.35. The highest BCUT2D eigenvalue weighted by atomic mass is 14.9. The third kappa shape index (κ3) is 1.24. The number of aromatic nitrogens is 4. The molecule has 2 aromatic carbocycles. The Morgan fingerprint density at radius 1 is 1.00 bits per heavy atom. The maximum atomic E-state index is 4.41. The third-order valence-electron chi connectivity index (χ3n) is 4.31. The van der Waals surface area contributed by atoms with Crippen LogP contribution in [0.1, 0.15) is 0 Å². The SMILES string of the molecule is Cn1c2ccccc2c2c3[nH]c4cncnc4c3ccc21. The minimum absolute atomic E-state index is 0.980. The van der Waals surface area contributed by atoms with Crippen molar-refractivity contribution >= 4 is 43.7 Å². The summed E-state index contributed by atoms with van der Waals surface area (Å²) in [5, 5.41) is 3.67. The van der Waals surface area contributed by atoms with Crippen molar-refractivity contribution in [1.29, 1.82) is 0 Å². The summed E-state index contributed by atoms with van der Waals surface area (Å²) in [5.74, 6) is 0. The summed E-state index contributed by atoms with van der Waals surface area (Å²) >= 11 is 0. The van der Waals surface area contributed by atoms with Crippen molar-refractivity contribution in [2.45, 2.75) is 0 Å². The van der Waals surface area contributed by atoms with Gasteiger partial charge in [-0.25, -0.2) is 9.97 Å². The molecular formula is C17H12N4. The van der Waals surface area contributed by atoms with Gasteiger partial charge in [-0.05, 0) is 18.2 Å². The Morgan fingerprint density at radius 2 is 1.90 bits per heavy atom. The van der Waals surface area contributed by atoms with Gasteiger partial charge >= 0.3 is 0 Å². The van der Waals surface area contributed by atoms with Gasteiger partial charge < -0.3 is 9.55 Å². The fraction of sp³-hybridized carbons (Fsp3) is 0.0588. The van der Waals surface area contributed by atoms with E-state index in [4.69, 9.17) is 0 Å². The van der Waals surface area contributed by atoms with Gasteiger partial charge in [0.25, 0.3) is 0 Å². The number of hydrogen-bond donors (Lipinski definition) is 1. The van der Waals surface area contributed by atoms with Gasteiger partial charge in [-0.15, -0.1) is 0 Å². The number of benzene rings is 2. The van der Waals surface area contributed by atoms with E-state index >= 15 is 0 Å². The van der Waals surface area contributed by atoms with Crippen molar-refractivity contribution in [3.05, 3.63) is 48.9 Å². The fourth-order valence-corrected chi connectivity index (χ4v) is 3.35. The predicted octanol–water partition coefficient (Wildman–Crippen LogP) is 3.76. The average Bonchev–Trinajstić information content (AvgIpc) is 3.04. The summed E-state index contributed by atoms with van der Waals surface area (Å²) in [5.41, 5.74) is 5.57. The van der Waals surface area contributed by atoms with Crippen LogP contribution in [0.5, 0.6) is 0 Å². The van der Waals surface area contributed by atoms with E-state index < -0.39 is 0 Å². The van der Waals surface area contributed by atoms with Crippen LogP contribution in [-0.2, 0) is 7.05 Å². The van der Waals surface area contributed by atoms with E-state index in [2.05, 4.69) is 63.0 Å². The van der Waals surface area contributed by atoms with Crippen molar-refractivity contribution < 1.29 is 0 Å².